The number of rotatable bonds is 34. The lowest BCUT2D eigenvalue weighted by Gasteiger charge is -2.18. The molecule has 24 heteroatoms. The van der Waals surface area contributed by atoms with Crippen molar-refractivity contribution in [1.82, 2.24) is 9.80 Å². The maximum absolute atomic E-state index is 10.6. The fourth-order valence-corrected chi connectivity index (χ4v) is 3.99. The number of aliphatic carboxylic acids is 8. The first-order valence-corrected chi connectivity index (χ1v) is 15.6. The number of carboxylic acids is 8. The van der Waals surface area contributed by atoms with Gasteiger partial charge in [0, 0.05) is 13.1 Å². The van der Waals surface area contributed by atoms with Gasteiger partial charge in [0.1, 0.15) is 13.1 Å². The van der Waals surface area contributed by atoms with Crippen LogP contribution in [0.1, 0.15) is 0 Å². The molecular weight excluding hydrogens is 712 g/mol. The van der Waals surface area contributed by atoms with E-state index in [0.717, 1.165) is 0 Å². The van der Waals surface area contributed by atoms with Crippen LogP contribution in [0.3, 0.4) is 0 Å². The monoisotopic (exact) mass is 762 g/mol. The van der Waals surface area contributed by atoms with Crippen LogP contribution >= 0.6 is 0 Å². The Morgan fingerprint density at radius 1 is 0.346 bits per heavy atom. The summed E-state index contributed by atoms with van der Waals surface area (Å²) in [4.78, 5) is 88.1. The zero-order valence-corrected chi connectivity index (χ0v) is 28.5. The Morgan fingerprint density at radius 2 is 0.577 bits per heavy atom. The molecule has 0 saturated heterocycles. The molecule has 0 radical (unpaired) electrons. The number of nitrogens with zero attached hydrogens (tertiary/aromatic N) is 2. The highest BCUT2D eigenvalue weighted by molar-refractivity contribution is 5.73. The van der Waals surface area contributed by atoms with Crippen LogP contribution in [0, 0.1) is 0 Å². The van der Waals surface area contributed by atoms with E-state index in [-0.39, 0.29) is 105 Å². The summed E-state index contributed by atoms with van der Waals surface area (Å²) in [6, 6.07) is 0. The van der Waals surface area contributed by atoms with E-state index in [9.17, 15) is 38.4 Å². The number of hydrogen-bond donors (Lipinski definition) is 10. The first kappa shape index (κ1) is 49.6. The largest absolute Gasteiger partial charge is 0.480 e. The molecule has 10 N–H and O–H groups in total. The summed E-state index contributed by atoms with van der Waals surface area (Å²) in [7, 11) is 0. The third-order valence-electron chi connectivity index (χ3n) is 6.09. The molecule has 0 spiro atoms. The Kier molecular flexibility index (Phi) is 29.7. The van der Waals surface area contributed by atoms with Gasteiger partial charge in [-0.25, -0.2) is 19.2 Å². The molecule has 300 valence electrons. The number of nitrogens with one attached hydrogen (secondary N) is 2. The van der Waals surface area contributed by atoms with E-state index in [1.807, 2.05) is 0 Å². The summed E-state index contributed by atoms with van der Waals surface area (Å²) in [6.07, 6.45) is 0. The predicted molar refractivity (Wildman–Crippen MR) is 168 cm³/mol. The third kappa shape index (κ3) is 36.7. The van der Waals surface area contributed by atoms with E-state index in [2.05, 4.69) is 0 Å². The Morgan fingerprint density at radius 3 is 0.788 bits per heavy atom. The molecule has 0 amide bonds. The van der Waals surface area contributed by atoms with Crippen molar-refractivity contribution in [1.29, 1.82) is 0 Å². The Balaban J connectivity index is 0. The second kappa shape index (κ2) is 31.2. The van der Waals surface area contributed by atoms with Gasteiger partial charge in [0.05, 0.1) is 79.0 Å². The van der Waals surface area contributed by atoms with Gasteiger partial charge in [0.15, 0.2) is 26.2 Å². The van der Waals surface area contributed by atoms with E-state index in [1.54, 1.807) is 0 Å². The van der Waals surface area contributed by atoms with Crippen LogP contribution < -0.4 is 9.80 Å². The van der Waals surface area contributed by atoms with E-state index in [4.69, 9.17) is 59.8 Å². The van der Waals surface area contributed by atoms with Gasteiger partial charge in [-0.1, -0.05) is 0 Å². The number of ether oxygens (including phenoxy) is 4. The van der Waals surface area contributed by atoms with Crippen molar-refractivity contribution in [2.75, 3.05) is 131 Å². The van der Waals surface area contributed by atoms with Crippen LogP contribution in [-0.4, -0.2) is 230 Å². The maximum atomic E-state index is 10.6. The van der Waals surface area contributed by atoms with Crippen molar-refractivity contribution in [3.8, 4) is 0 Å². The van der Waals surface area contributed by atoms with Gasteiger partial charge in [-0.3, -0.25) is 29.0 Å². The van der Waals surface area contributed by atoms with Crippen LogP contribution in [0.15, 0.2) is 0 Å². The zero-order valence-electron chi connectivity index (χ0n) is 28.5. The molecule has 0 fully saturated rings. The standard InChI is InChI=1S/2C14H24N2O10/c2*17-11(18)7-15(8-12(19)20)1-3-25-5-6-26-4-2-16(9-13(21)22)10-14(23)24/h2*1-10H2,(H,17,18)(H,19,20)(H,21,22)(H,23,24)/p+2. The highest BCUT2D eigenvalue weighted by Crippen LogP contribution is 1.92. The highest BCUT2D eigenvalue weighted by Gasteiger charge is 2.18. The van der Waals surface area contributed by atoms with Crippen molar-refractivity contribution in [2.45, 2.75) is 0 Å². The molecule has 0 bridgehead atoms. The minimum Gasteiger partial charge on any atom is -0.480 e. The van der Waals surface area contributed by atoms with Gasteiger partial charge >= 0.3 is 47.8 Å². The highest BCUT2D eigenvalue weighted by atomic mass is 16.5. The molecule has 24 nitrogen and oxygen atoms in total. The van der Waals surface area contributed by atoms with Gasteiger partial charge < -0.3 is 69.6 Å². The molecule has 0 aromatic rings. The van der Waals surface area contributed by atoms with E-state index in [1.165, 1.54) is 9.80 Å². The lowest BCUT2D eigenvalue weighted by molar-refractivity contribution is -0.885. The van der Waals surface area contributed by atoms with Crippen molar-refractivity contribution in [2.24, 2.45) is 0 Å². The number of carboxylic acid groups (broad SMARTS) is 8. The van der Waals surface area contributed by atoms with Crippen LogP contribution in [0.2, 0.25) is 0 Å². The molecular formula is C28H50N4O20+2. The molecule has 0 heterocycles. The predicted octanol–water partition coefficient (Wildman–Crippen LogP) is -6.91. The SMILES string of the molecule is O=C(O)CN(CCOCCOCCN(CC(=O)O)CC(=O)O)CC(=O)O.O=C(O)C[NH+](CCOCCOCC[NH+](CC(=O)O)CC(=O)O)CC(=O)O. The van der Waals surface area contributed by atoms with E-state index < -0.39 is 73.9 Å². The number of hydrogen-bond acceptors (Lipinski definition) is 14. The first-order chi connectivity index (χ1) is 24.4. The van der Waals surface area contributed by atoms with Gasteiger partial charge in [-0.2, -0.15) is 0 Å². The number of carbonyl (C=O) groups is 8. The molecule has 0 aromatic carbocycles. The lowest BCUT2D eigenvalue weighted by atomic mass is 10.4. The second-order valence-corrected chi connectivity index (χ2v) is 10.7. The summed E-state index contributed by atoms with van der Waals surface area (Å²) in [5.74, 6) is -8.94. The molecule has 0 aliphatic rings. The summed E-state index contributed by atoms with van der Waals surface area (Å²) >= 11 is 0. The van der Waals surface area contributed by atoms with Crippen LogP contribution in [0.4, 0.5) is 0 Å². The molecule has 0 aromatic heterocycles. The van der Waals surface area contributed by atoms with Crippen LogP contribution in [-0.2, 0) is 57.3 Å². The molecule has 0 aliphatic heterocycles. The van der Waals surface area contributed by atoms with Crippen LogP contribution in [0.25, 0.3) is 0 Å². The summed E-state index contributed by atoms with van der Waals surface area (Å²) in [5.41, 5.74) is 0. The number of quaternary nitrogens is 2. The van der Waals surface area contributed by atoms with Gasteiger partial charge in [-0.05, 0) is 0 Å². The molecule has 0 saturated carbocycles. The second-order valence-electron chi connectivity index (χ2n) is 10.7. The van der Waals surface area contributed by atoms with E-state index >= 15 is 0 Å². The third-order valence-corrected chi connectivity index (χ3v) is 6.09. The van der Waals surface area contributed by atoms with Crippen LogP contribution in [0.5, 0.6) is 0 Å². The molecule has 0 aliphatic carbocycles. The van der Waals surface area contributed by atoms with Crippen molar-refractivity contribution in [3.63, 3.8) is 0 Å². The Bertz CT molecular complexity index is 877. The van der Waals surface area contributed by atoms with Crippen molar-refractivity contribution >= 4 is 47.8 Å². The van der Waals surface area contributed by atoms with Gasteiger partial charge in [0.2, 0.25) is 0 Å². The average Bonchev–Trinajstić information content (AvgIpc) is 2.97. The smallest absolute Gasteiger partial charge is 0.359 e. The zero-order chi connectivity index (χ0) is 39.9. The average molecular weight is 763 g/mol. The first-order valence-electron chi connectivity index (χ1n) is 15.6. The minimum atomic E-state index is -1.14. The Hall–Kier alpha value is -4.56. The minimum absolute atomic E-state index is 0.119. The fourth-order valence-electron chi connectivity index (χ4n) is 3.99. The Labute approximate surface area is 297 Å². The van der Waals surface area contributed by atoms with E-state index in [0.29, 0.717) is 9.80 Å². The van der Waals surface area contributed by atoms with Crippen molar-refractivity contribution < 1.29 is 108 Å². The summed E-state index contributed by atoms with van der Waals surface area (Å²) in [6.45, 7) is -0.931. The van der Waals surface area contributed by atoms with Crippen molar-refractivity contribution in [3.05, 3.63) is 0 Å². The molecule has 0 unspecified atom stereocenters. The van der Waals surface area contributed by atoms with Gasteiger partial charge in [0.25, 0.3) is 0 Å². The quantitative estimate of drug-likeness (QED) is 0.0272. The topological polar surface area (TPSA) is 351 Å². The summed E-state index contributed by atoms with van der Waals surface area (Å²) in [5, 5.41) is 69.5. The maximum Gasteiger partial charge on any atom is 0.359 e. The molecule has 0 atom stereocenters. The lowest BCUT2D eigenvalue weighted by Crippen LogP contribution is -3.14. The molecule has 0 rings (SSSR count). The van der Waals surface area contributed by atoms with Gasteiger partial charge in [-0.15, -0.1) is 0 Å². The normalized spacial score (nSPS) is 11.0. The summed E-state index contributed by atoms with van der Waals surface area (Å²) < 4.78 is 20.9. The molecule has 52 heavy (non-hydrogen) atoms. The fraction of sp³-hybridized carbons (Fsp3) is 0.714.